The highest BCUT2D eigenvalue weighted by atomic mass is 16.4. The molecule has 0 radical (unpaired) electrons. The minimum absolute atomic E-state index is 0.0116. The maximum absolute atomic E-state index is 11.4. The fourth-order valence-corrected chi connectivity index (χ4v) is 2.83. The summed E-state index contributed by atoms with van der Waals surface area (Å²) in [5.74, 6) is 0. The van der Waals surface area contributed by atoms with E-state index in [4.69, 9.17) is 5.73 Å². The Bertz CT molecular complexity index is 493. The molecule has 1 amide bonds. The van der Waals surface area contributed by atoms with Crippen molar-refractivity contribution in [1.82, 2.24) is 9.80 Å². The molecule has 0 saturated carbocycles. The van der Waals surface area contributed by atoms with Crippen LogP contribution in [0.25, 0.3) is 0 Å². The number of hydrogen-bond acceptors (Lipinski definition) is 3. The third-order valence-corrected chi connectivity index (χ3v) is 4.10. The topological polar surface area (TPSA) is 69.8 Å². The summed E-state index contributed by atoms with van der Waals surface area (Å²) in [4.78, 5) is 15.3. The average molecular weight is 291 g/mol. The van der Waals surface area contributed by atoms with Gasteiger partial charge in [-0.3, -0.25) is 4.90 Å². The summed E-state index contributed by atoms with van der Waals surface area (Å²) >= 11 is 0. The third-order valence-electron chi connectivity index (χ3n) is 4.10. The second kappa shape index (κ2) is 5.93. The summed E-state index contributed by atoms with van der Waals surface area (Å²) in [6.45, 7) is 9.22. The Morgan fingerprint density at radius 1 is 1.29 bits per heavy atom. The molecule has 1 heterocycles. The molecule has 0 aromatic heterocycles. The van der Waals surface area contributed by atoms with Crippen molar-refractivity contribution in [2.75, 3.05) is 25.4 Å². The maximum atomic E-state index is 11.4. The normalized spacial score (nSPS) is 20.5. The first-order valence-electron chi connectivity index (χ1n) is 7.33. The number of carboxylic acid groups (broad SMARTS) is 1. The van der Waals surface area contributed by atoms with Crippen LogP contribution in [-0.4, -0.2) is 46.7 Å². The van der Waals surface area contributed by atoms with Crippen molar-refractivity contribution in [3.05, 3.63) is 29.8 Å². The molecule has 21 heavy (non-hydrogen) atoms. The molecule has 0 spiro atoms. The lowest BCUT2D eigenvalue weighted by molar-refractivity contribution is 0.0190. The fraction of sp³-hybridized carbons (Fsp3) is 0.562. The van der Waals surface area contributed by atoms with Crippen LogP contribution in [0.3, 0.4) is 0 Å². The largest absolute Gasteiger partial charge is 0.465 e. The summed E-state index contributed by atoms with van der Waals surface area (Å²) in [7, 11) is 0. The van der Waals surface area contributed by atoms with Gasteiger partial charge >= 0.3 is 6.09 Å². The van der Waals surface area contributed by atoms with Gasteiger partial charge in [-0.05, 0) is 23.1 Å². The number of nitrogens with two attached hydrogens (primary N) is 1. The van der Waals surface area contributed by atoms with Gasteiger partial charge in [-0.1, -0.05) is 32.9 Å². The van der Waals surface area contributed by atoms with E-state index in [0.717, 1.165) is 25.3 Å². The van der Waals surface area contributed by atoms with Crippen molar-refractivity contribution in [3.8, 4) is 0 Å². The van der Waals surface area contributed by atoms with Crippen LogP contribution in [0.5, 0.6) is 0 Å². The number of nitrogen functional groups attached to an aromatic ring is 1. The standard InChI is InChI=1S/C16H25N3O2/c1-16(2,3)14-11-18(8-9-19(14)15(20)21)10-12-4-6-13(17)7-5-12/h4-7,14H,8-11,17H2,1-3H3,(H,20,21). The van der Waals surface area contributed by atoms with Crippen LogP contribution in [0.2, 0.25) is 0 Å². The summed E-state index contributed by atoms with van der Waals surface area (Å²) in [6, 6.07) is 7.89. The molecule has 0 bridgehead atoms. The van der Waals surface area contributed by atoms with Crippen LogP contribution in [0.1, 0.15) is 26.3 Å². The van der Waals surface area contributed by atoms with E-state index in [0.29, 0.717) is 6.54 Å². The third kappa shape index (κ3) is 3.88. The van der Waals surface area contributed by atoms with Crippen LogP contribution >= 0.6 is 0 Å². The molecule has 3 N–H and O–H groups in total. The zero-order valence-electron chi connectivity index (χ0n) is 13.0. The van der Waals surface area contributed by atoms with Crippen LogP contribution in [-0.2, 0) is 6.54 Å². The lowest BCUT2D eigenvalue weighted by atomic mass is 9.84. The first-order valence-corrected chi connectivity index (χ1v) is 7.33. The molecule has 1 aromatic rings. The van der Waals surface area contributed by atoms with Gasteiger partial charge in [0.25, 0.3) is 0 Å². The van der Waals surface area contributed by atoms with Gasteiger partial charge in [-0.2, -0.15) is 0 Å². The molecule has 1 fully saturated rings. The van der Waals surface area contributed by atoms with Crippen molar-refractivity contribution in [2.45, 2.75) is 33.4 Å². The van der Waals surface area contributed by atoms with Gasteiger partial charge in [-0.15, -0.1) is 0 Å². The van der Waals surface area contributed by atoms with Crippen LogP contribution < -0.4 is 5.73 Å². The van der Waals surface area contributed by atoms with Gasteiger partial charge in [0.1, 0.15) is 0 Å². The summed E-state index contributed by atoms with van der Waals surface area (Å²) in [5.41, 5.74) is 7.61. The average Bonchev–Trinajstić information content (AvgIpc) is 2.40. The first-order chi connectivity index (χ1) is 9.77. The zero-order chi connectivity index (χ0) is 15.6. The van der Waals surface area contributed by atoms with E-state index in [1.165, 1.54) is 5.56 Å². The molecule has 116 valence electrons. The predicted molar refractivity (Wildman–Crippen MR) is 84.1 cm³/mol. The number of carbonyl (C=O) groups is 1. The molecule has 1 saturated heterocycles. The Morgan fingerprint density at radius 2 is 1.90 bits per heavy atom. The Labute approximate surface area is 126 Å². The van der Waals surface area contributed by atoms with Crippen molar-refractivity contribution >= 4 is 11.8 Å². The highest BCUT2D eigenvalue weighted by Gasteiger charge is 2.37. The van der Waals surface area contributed by atoms with Gasteiger partial charge in [0, 0.05) is 31.9 Å². The Hall–Kier alpha value is -1.75. The van der Waals surface area contributed by atoms with Crippen molar-refractivity contribution < 1.29 is 9.90 Å². The van der Waals surface area contributed by atoms with E-state index in [9.17, 15) is 9.90 Å². The Morgan fingerprint density at radius 3 is 2.43 bits per heavy atom. The van der Waals surface area contributed by atoms with E-state index >= 15 is 0 Å². The van der Waals surface area contributed by atoms with E-state index in [1.807, 2.05) is 24.3 Å². The van der Waals surface area contributed by atoms with Gasteiger partial charge < -0.3 is 15.7 Å². The number of rotatable bonds is 2. The molecule has 1 aliphatic rings. The number of benzene rings is 1. The van der Waals surface area contributed by atoms with Crippen molar-refractivity contribution in [1.29, 1.82) is 0 Å². The second-order valence-electron chi connectivity index (χ2n) is 6.83. The molecule has 2 rings (SSSR count). The number of anilines is 1. The van der Waals surface area contributed by atoms with E-state index in [1.54, 1.807) is 4.90 Å². The van der Waals surface area contributed by atoms with E-state index < -0.39 is 6.09 Å². The highest BCUT2D eigenvalue weighted by Crippen LogP contribution is 2.28. The maximum Gasteiger partial charge on any atom is 0.407 e. The molecular weight excluding hydrogens is 266 g/mol. The van der Waals surface area contributed by atoms with E-state index in [-0.39, 0.29) is 11.5 Å². The molecular formula is C16H25N3O2. The number of nitrogens with zero attached hydrogens (tertiary/aromatic N) is 2. The highest BCUT2D eigenvalue weighted by molar-refractivity contribution is 5.65. The van der Waals surface area contributed by atoms with Crippen LogP contribution in [0.4, 0.5) is 10.5 Å². The molecule has 1 atom stereocenters. The second-order valence-corrected chi connectivity index (χ2v) is 6.83. The first kappa shape index (κ1) is 15.6. The minimum atomic E-state index is -0.818. The summed E-state index contributed by atoms with van der Waals surface area (Å²) < 4.78 is 0. The van der Waals surface area contributed by atoms with E-state index in [2.05, 4.69) is 25.7 Å². The zero-order valence-corrected chi connectivity index (χ0v) is 13.0. The lowest BCUT2D eigenvalue weighted by Crippen LogP contribution is -2.59. The van der Waals surface area contributed by atoms with Crippen LogP contribution in [0.15, 0.2) is 24.3 Å². The molecule has 0 aliphatic carbocycles. The Balaban J connectivity index is 2.07. The monoisotopic (exact) mass is 291 g/mol. The predicted octanol–water partition coefficient (Wildman–Crippen LogP) is 2.48. The number of amides is 1. The number of hydrogen-bond donors (Lipinski definition) is 2. The molecule has 1 aromatic carbocycles. The van der Waals surface area contributed by atoms with Gasteiger partial charge in [0.05, 0.1) is 6.04 Å². The molecule has 5 nitrogen and oxygen atoms in total. The Kier molecular flexibility index (Phi) is 4.42. The minimum Gasteiger partial charge on any atom is -0.465 e. The summed E-state index contributed by atoms with van der Waals surface area (Å²) in [5, 5.41) is 9.37. The molecule has 1 unspecified atom stereocenters. The van der Waals surface area contributed by atoms with Crippen LogP contribution in [0, 0.1) is 5.41 Å². The van der Waals surface area contributed by atoms with Crippen molar-refractivity contribution in [3.63, 3.8) is 0 Å². The van der Waals surface area contributed by atoms with Gasteiger partial charge in [0.2, 0.25) is 0 Å². The van der Waals surface area contributed by atoms with Gasteiger partial charge in [-0.25, -0.2) is 4.79 Å². The van der Waals surface area contributed by atoms with Crippen molar-refractivity contribution in [2.24, 2.45) is 5.41 Å². The number of piperazine rings is 1. The quantitative estimate of drug-likeness (QED) is 0.821. The SMILES string of the molecule is CC(C)(C)C1CN(Cc2ccc(N)cc2)CCN1C(=O)O. The van der Waals surface area contributed by atoms with Gasteiger partial charge in [0.15, 0.2) is 0 Å². The lowest BCUT2D eigenvalue weighted by Gasteiger charge is -2.46. The molecule has 5 heteroatoms. The smallest absolute Gasteiger partial charge is 0.407 e. The molecule has 1 aliphatic heterocycles. The summed E-state index contributed by atoms with van der Waals surface area (Å²) in [6.07, 6.45) is -0.818. The fourth-order valence-electron chi connectivity index (χ4n) is 2.83.